The number of carbonyl (C=O) groups excluding carboxylic acids is 1. The second kappa shape index (κ2) is 8.03. The molecule has 6 nitrogen and oxygen atoms in total. The highest BCUT2D eigenvalue weighted by atomic mass is 16.1. The molecule has 2 N–H and O–H groups in total. The Hall–Kier alpha value is -3.15. The van der Waals surface area contributed by atoms with Crippen molar-refractivity contribution >= 4 is 29.2 Å². The summed E-state index contributed by atoms with van der Waals surface area (Å²) in [7, 11) is 0. The second-order valence-electron chi connectivity index (χ2n) is 6.62. The molecule has 0 unspecified atom stereocenters. The van der Waals surface area contributed by atoms with Gasteiger partial charge in [-0.05, 0) is 63.2 Å². The van der Waals surface area contributed by atoms with Gasteiger partial charge >= 0.3 is 0 Å². The largest absolute Gasteiger partial charge is 0.356 e. The quantitative estimate of drug-likeness (QED) is 0.485. The van der Waals surface area contributed by atoms with Crippen molar-refractivity contribution in [3.8, 4) is 0 Å². The van der Waals surface area contributed by atoms with Crippen LogP contribution < -0.4 is 10.9 Å². The number of hydrogen-bond acceptors (Lipinski definition) is 4. The Morgan fingerprint density at radius 1 is 1.30 bits per heavy atom. The number of nitrogens with zero attached hydrogens (tertiary/aromatic N) is 2. The first-order valence-electron chi connectivity index (χ1n) is 9.07. The summed E-state index contributed by atoms with van der Waals surface area (Å²) in [5.74, 6) is 0.383. The van der Waals surface area contributed by atoms with Crippen LogP contribution >= 0.6 is 0 Å². The minimum atomic E-state index is -0.233. The Morgan fingerprint density at radius 3 is 2.70 bits per heavy atom. The van der Waals surface area contributed by atoms with Gasteiger partial charge in [-0.2, -0.15) is 0 Å². The number of likely N-dealkylation sites (tertiary alicyclic amines) is 1. The van der Waals surface area contributed by atoms with Gasteiger partial charge < -0.3 is 15.2 Å². The number of H-pyrrole nitrogens is 1. The first-order valence-corrected chi connectivity index (χ1v) is 9.07. The summed E-state index contributed by atoms with van der Waals surface area (Å²) < 4.78 is 0. The van der Waals surface area contributed by atoms with Crippen LogP contribution in [0.25, 0.3) is 10.9 Å². The smallest absolute Gasteiger partial charge is 0.259 e. The zero-order valence-electron chi connectivity index (χ0n) is 15.7. The molecule has 1 aliphatic rings. The molecule has 1 amide bonds. The summed E-state index contributed by atoms with van der Waals surface area (Å²) in [6.07, 6.45) is 5.77. The lowest BCUT2D eigenvalue weighted by Gasteiger charge is -2.20. The van der Waals surface area contributed by atoms with Gasteiger partial charge in [-0.25, -0.2) is 4.99 Å². The van der Waals surface area contributed by atoms with Gasteiger partial charge in [-0.3, -0.25) is 9.59 Å². The maximum Gasteiger partial charge on any atom is 0.259 e. The molecule has 1 aromatic heterocycles. The van der Waals surface area contributed by atoms with Gasteiger partial charge in [-0.1, -0.05) is 6.08 Å². The lowest BCUT2D eigenvalue weighted by atomic mass is 10.1. The van der Waals surface area contributed by atoms with Gasteiger partial charge in [0.2, 0.25) is 5.56 Å². The van der Waals surface area contributed by atoms with Crippen molar-refractivity contribution in [2.24, 2.45) is 4.99 Å². The number of nitrogens with one attached hydrogen (secondary N) is 2. The summed E-state index contributed by atoms with van der Waals surface area (Å²) in [6, 6.07) is 6.99. The van der Waals surface area contributed by atoms with Gasteiger partial charge in [-0.15, -0.1) is 0 Å². The first-order chi connectivity index (χ1) is 13.0. The Kier molecular flexibility index (Phi) is 5.54. The Balaban J connectivity index is 1.95. The minimum Gasteiger partial charge on any atom is -0.356 e. The number of aliphatic imine (C=N–C) groups is 1. The first kappa shape index (κ1) is 18.6. The molecule has 27 heavy (non-hydrogen) atoms. The van der Waals surface area contributed by atoms with Crippen LogP contribution in [0.2, 0.25) is 0 Å². The molecule has 0 aliphatic carbocycles. The highest BCUT2D eigenvalue weighted by molar-refractivity contribution is 6.07. The highest BCUT2D eigenvalue weighted by Gasteiger charge is 2.21. The van der Waals surface area contributed by atoms with Crippen molar-refractivity contribution < 1.29 is 4.79 Å². The van der Waals surface area contributed by atoms with E-state index in [0.717, 1.165) is 42.4 Å². The van der Waals surface area contributed by atoms with Crippen LogP contribution in [0.15, 0.2) is 57.6 Å². The number of aryl methyl sites for hydroxylation is 1. The van der Waals surface area contributed by atoms with E-state index < -0.39 is 0 Å². The molecule has 140 valence electrons. The summed E-state index contributed by atoms with van der Waals surface area (Å²) in [5, 5.41) is 3.84. The van der Waals surface area contributed by atoms with E-state index in [1.165, 1.54) is 0 Å². The number of hydrogen-bond donors (Lipinski definition) is 2. The molecule has 3 rings (SSSR count). The van der Waals surface area contributed by atoms with E-state index in [0.29, 0.717) is 17.1 Å². The molecular formula is C21H24N4O2. The second-order valence-corrected chi connectivity index (χ2v) is 6.62. The molecule has 0 bridgehead atoms. The van der Waals surface area contributed by atoms with Crippen molar-refractivity contribution in [3.63, 3.8) is 0 Å². The minimum absolute atomic E-state index is 0.137. The highest BCUT2D eigenvalue weighted by Crippen LogP contribution is 2.23. The summed E-state index contributed by atoms with van der Waals surface area (Å²) in [5.41, 5.74) is 2.62. The number of benzene rings is 1. The van der Waals surface area contributed by atoms with E-state index in [1.807, 2.05) is 26.0 Å². The summed E-state index contributed by atoms with van der Waals surface area (Å²) >= 11 is 0. The van der Waals surface area contributed by atoms with E-state index in [4.69, 9.17) is 0 Å². The molecule has 2 heterocycles. The van der Waals surface area contributed by atoms with E-state index >= 15 is 0 Å². The number of pyridine rings is 1. The van der Waals surface area contributed by atoms with E-state index in [9.17, 15) is 9.59 Å². The lowest BCUT2D eigenvalue weighted by molar-refractivity contribution is -0.112. The van der Waals surface area contributed by atoms with Gasteiger partial charge in [0.15, 0.2) is 0 Å². The van der Waals surface area contributed by atoms with Crippen LogP contribution in [-0.4, -0.2) is 35.6 Å². The zero-order valence-corrected chi connectivity index (χ0v) is 15.7. The van der Waals surface area contributed by atoms with Crippen LogP contribution in [0.3, 0.4) is 0 Å². The van der Waals surface area contributed by atoms with E-state index in [2.05, 4.69) is 26.9 Å². The molecule has 1 fully saturated rings. The number of anilines is 1. The number of aromatic amines is 1. The van der Waals surface area contributed by atoms with Crippen molar-refractivity contribution in [1.82, 2.24) is 9.88 Å². The molecule has 1 aromatic carbocycles. The Morgan fingerprint density at radius 2 is 2.04 bits per heavy atom. The molecule has 0 atom stereocenters. The number of fused-ring (bicyclic) bond motifs is 1. The van der Waals surface area contributed by atoms with Gasteiger partial charge in [0.25, 0.3) is 5.91 Å². The average molecular weight is 364 g/mol. The molecule has 2 aromatic rings. The molecular weight excluding hydrogens is 340 g/mol. The molecule has 0 radical (unpaired) electrons. The van der Waals surface area contributed by atoms with Crippen molar-refractivity contribution in [2.75, 3.05) is 18.4 Å². The topological polar surface area (TPSA) is 77.6 Å². The Bertz CT molecular complexity index is 995. The number of allylic oxidation sites excluding steroid dienone is 1. The van der Waals surface area contributed by atoms with Gasteiger partial charge in [0.1, 0.15) is 5.82 Å². The number of amides is 1. The SMILES string of the molecule is C=N/C(=C(\C=C/C)C(=O)Nc1ccc2[nH]c(=O)cc(C)c2c1)N1CCCC1. The van der Waals surface area contributed by atoms with Crippen molar-refractivity contribution in [3.05, 3.63) is 63.7 Å². The number of carbonyl (C=O) groups is 1. The average Bonchev–Trinajstić information content (AvgIpc) is 3.16. The molecule has 6 heteroatoms. The maximum atomic E-state index is 12.9. The molecule has 1 saturated heterocycles. The van der Waals surface area contributed by atoms with E-state index in [-0.39, 0.29) is 11.5 Å². The number of rotatable bonds is 5. The summed E-state index contributed by atoms with van der Waals surface area (Å²) in [6.45, 7) is 9.17. The third-order valence-electron chi connectivity index (χ3n) is 4.68. The fraction of sp³-hybridized carbons (Fsp3) is 0.286. The predicted molar refractivity (Wildman–Crippen MR) is 110 cm³/mol. The summed E-state index contributed by atoms with van der Waals surface area (Å²) in [4.78, 5) is 33.6. The lowest BCUT2D eigenvalue weighted by Crippen LogP contribution is -2.23. The zero-order chi connectivity index (χ0) is 19.4. The van der Waals surface area contributed by atoms with Gasteiger partial charge in [0, 0.05) is 35.7 Å². The third kappa shape index (κ3) is 4.00. The van der Waals surface area contributed by atoms with Gasteiger partial charge in [0.05, 0.1) is 5.57 Å². The van der Waals surface area contributed by atoms with Crippen LogP contribution in [0.5, 0.6) is 0 Å². The fourth-order valence-corrected chi connectivity index (χ4v) is 3.40. The Labute approximate surface area is 158 Å². The maximum absolute atomic E-state index is 12.9. The molecule has 0 saturated carbocycles. The molecule has 0 spiro atoms. The van der Waals surface area contributed by atoms with Crippen LogP contribution in [0.1, 0.15) is 25.3 Å². The van der Waals surface area contributed by atoms with E-state index in [1.54, 1.807) is 24.3 Å². The van der Waals surface area contributed by atoms with Crippen LogP contribution in [0, 0.1) is 6.92 Å². The van der Waals surface area contributed by atoms with Crippen molar-refractivity contribution in [1.29, 1.82) is 0 Å². The van der Waals surface area contributed by atoms with Crippen LogP contribution in [-0.2, 0) is 4.79 Å². The predicted octanol–water partition coefficient (Wildman–Crippen LogP) is 3.36. The monoisotopic (exact) mass is 364 g/mol. The fourth-order valence-electron chi connectivity index (χ4n) is 3.40. The molecule has 1 aliphatic heterocycles. The third-order valence-corrected chi connectivity index (χ3v) is 4.68. The number of aromatic nitrogens is 1. The van der Waals surface area contributed by atoms with Crippen molar-refractivity contribution in [2.45, 2.75) is 26.7 Å². The van der Waals surface area contributed by atoms with Crippen LogP contribution in [0.4, 0.5) is 5.69 Å². The normalized spacial score (nSPS) is 15.3. The standard InChI is InChI=1S/C21H24N4O2/c1-4-7-16(20(22-3)25-10-5-6-11-25)21(27)23-15-8-9-18-17(13-15)14(2)12-19(26)24-18/h4,7-9,12-13H,3,5-6,10-11H2,1-2H3,(H,23,27)(H,24,26)/b7-4-,20-16-.